The Labute approximate surface area is 186 Å². The zero-order valence-electron chi connectivity index (χ0n) is 17.3. The average Bonchev–Trinajstić information content (AvgIpc) is 3.32. The van der Waals surface area contributed by atoms with Crippen LogP contribution in [0.4, 0.5) is 30.6 Å². The lowest BCUT2D eigenvalue weighted by Crippen LogP contribution is -2.23. The normalized spacial score (nSPS) is 16.2. The van der Waals surface area contributed by atoms with E-state index >= 15 is 0 Å². The van der Waals surface area contributed by atoms with E-state index in [0.717, 1.165) is 43.2 Å². The van der Waals surface area contributed by atoms with Crippen molar-refractivity contribution in [1.29, 1.82) is 0 Å². The van der Waals surface area contributed by atoms with E-state index in [9.17, 15) is 13.2 Å². The van der Waals surface area contributed by atoms with Gasteiger partial charge in [-0.15, -0.1) is 0 Å². The van der Waals surface area contributed by atoms with Gasteiger partial charge in [-0.2, -0.15) is 13.2 Å². The number of pyridine rings is 3. The van der Waals surface area contributed by atoms with Crippen molar-refractivity contribution in [3.8, 4) is 11.4 Å². The van der Waals surface area contributed by atoms with Crippen LogP contribution < -0.4 is 16.0 Å². The van der Waals surface area contributed by atoms with Crippen LogP contribution in [0.5, 0.6) is 0 Å². The second-order valence-corrected chi connectivity index (χ2v) is 7.60. The highest BCUT2D eigenvalue weighted by Crippen LogP contribution is 2.31. The van der Waals surface area contributed by atoms with Crippen LogP contribution in [0.1, 0.15) is 12.0 Å². The van der Waals surface area contributed by atoms with Crippen molar-refractivity contribution in [2.75, 3.05) is 23.7 Å². The quantitative estimate of drug-likeness (QED) is 0.418. The second kappa shape index (κ2) is 8.58. The van der Waals surface area contributed by atoms with Crippen LogP contribution in [0.3, 0.4) is 0 Å². The standard InChI is InChI=1S/C22H19F3N8/c23-22(24,25)14-2-8-29-19(10-14)32-18-9-13(1-7-28-18)20-31-17-12-27-6-4-16(17)21(33-20)30-15-3-5-26-11-15/h1-2,4,6-10,12,15,26H,3,5,11H2,(H,28,29,32)(H,30,31,33). The molecule has 8 nitrogen and oxygen atoms in total. The molecule has 0 bridgehead atoms. The van der Waals surface area contributed by atoms with Gasteiger partial charge in [0.25, 0.3) is 0 Å². The largest absolute Gasteiger partial charge is 0.416 e. The Morgan fingerprint density at radius 1 is 0.970 bits per heavy atom. The van der Waals surface area contributed by atoms with Crippen LogP contribution in [0.25, 0.3) is 22.3 Å². The van der Waals surface area contributed by atoms with Gasteiger partial charge in [0.1, 0.15) is 17.5 Å². The van der Waals surface area contributed by atoms with Crippen molar-refractivity contribution < 1.29 is 13.2 Å². The average molecular weight is 452 g/mol. The number of fused-ring (bicyclic) bond motifs is 1. The van der Waals surface area contributed by atoms with Crippen LogP contribution in [-0.2, 0) is 6.18 Å². The zero-order chi connectivity index (χ0) is 22.8. The lowest BCUT2D eigenvalue weighted by atomic mass is 10.2. The molecule has 1 unspecified atom stereocenters. The van der Waals surface area contributed by atoms with Gasteiger partial charge < -0.3 is 16.0 Å². The summed E-state index contributed by atoms with van der Waals surface area (Å²) in [5.41, 5.74) is 0.540. The molecule has 1 aliphatic rings. The Morgan fingerprint density at radius 2 is 1.79 bits per heavy atom. The number of aromatic nitrogens is 5. The third kappa shape index (κ3) is 4.67. The summed E-state index contributed by atoms with van der Waals surface area (Å²) in [6.07, 6.45) is 2.53. The molecule has 11 heteroatoms. The molecule has 1 atom stereocenters. The number of rotatable bonds is 5. The van der Waals surface area contributed by atoms with Gasteiger partial charge in [-0.05, 0) is 43.3 Å². The molecule has 0 saturated carbocycles. The summed E-state index contributed by atoms with van der Waals surface area (Å²) in [6, 6.07) is 7.38. The van der Waals surface area contributed by atoms with E-state index in [0.29, 0.717) is 28.5 Å². The van der Waals surface area contributed by atoms with Gasteiger partial charge in [-0.1, -0.05) is 0 Å². The molecule has 0 amide bonds. The molecular weight excluding hydrogens is 433 g/mol. The highest BCUT2D eigenvalue weighted by Gasteiger charge is 2.30. The van der Waals surface area contributed by atoms with Gasteiger partial charge in [0.05, 0.1) is 17.3 Å². The number of anilines is 3. The zero-order valence-corrected chi connectivity index (χ0v) is 17.3. The summed E-state index contributed by atoms with van der Waals surface area (Å²) in [4.78, 5) is 21.7. The molecule has 168 valence electrons. The maximum atomic E-state index is 13.0. The van der Waals surface area contributed by atoms with E-state index < -0.39 is 11.7 Å². The van der Waals surface area contributed by atoms with Gasteiger partial charge in [-0.3, -0.25) is 4.98 Å². The van der Waals surface area contributed by atoms with Gasteiger partial charge >= 0.3 is 6.18 Å². The maximum absolute atomic E-state index is 13.0. The Kier molecular flexibility index (Phi) is 5.47. The lowest BCUT2D eigenvalue weighted by Gasteiger charge is -2.15. The summed E-state index contributed by atoms with van der Waals surface area (Å²) in [5.74, 6) is 1.52. The fourth-order valence-corrected chi connectivity index (χ4v) is 3.64. The number of nitrogens with zero attached hydrogens (tertiary/aromatic N) is 5. The molecule has 0 spiro atoms. The number of halogens is 3. The van der Waals surface area contributed by atoms with Crippen molar-refractivity contribution in [3.63, 3.8) is 0 Å². The first-order valence-corrected chi connectivity index (χ1v) is 10.3. The van der Waals surface area contributed by atoms with Gasteiger partial charge in [0.15, 0.2) is 5.82 Å². The summed E-state index contributed by atoms with van der Waals surface area (Å²) < 4.78 is 39.0. The minimum atomic E-state index is -4.46. The molecule has 1 fully saturated rings. The Balaban J connectivity index is 1.47. The summed E-state index contributed by atoms with van der Waals surface area (Å²) in [7, 11) is 0. The minimum absolute atomic E-state index is 0.0363. The molecule has 0 aromatic carbocycles. The van der Waals surface area contributed by atoms with Crippen LogP contribution in [0.15, 0.2) is 55.1 Å². The van der Waals surface area contributed by atoms with E-state index in [1.165, 1.54) is 6.20 Å². The smallest absolute Gasteiger partial charge is 0.365 e. The fraction of sp³-hybridized carbons (Fsp3) is 0.227. The van der Waals surface area contributed by atoms with Crippen LogP contribution in [0.2, 0.25) is 0 Å². The van der Waals surface area contributed by atoms with Crippen molar-refractivity contribution in [2.45, 2.75) is 18.6 Å². The first-order chi connectivity index (χ1) is 16.0. The Hall–Kier alpha value is -3.86. The third-order valence-corrected chi connectivity index (χ3v) is 5.26. The van der Waals surface area contributed by atoms with Gasteiger partial charge in [0.2, 0.25) is 0 Å². The summed E-state index contributed by atoms with van der Waals surface area (Å²) >= 11 is 0. The van der Waals surface area contributed by atoms with E-state index in [2.05, 4.69) is 35.9 Å². The first kappa shape index (κ1) is 21.0. The van der Waals surface area contributed by atoms with Crippen molar-refractivity contribution in [3.05, 3.63) is 60.7 Å². The number of hydrogen-bond donors (Lipinski definition) is 3. The number of alkyl halides is 3. The van der Waals surface area contributed by atoms with Gasteiger partial charge in [0, 0.05) is 42.1 Å². The lowest BCUT2D eigenvalue weighted by molar-refractivity contribution is -0.137. The van der Waals surface area contributed by atoms with E-state index in [-0.39, 0.29) is 11.9 Å². The Bertz CT molecular complexity index is 1290. The molecule has 3 N–H and O–H groups in total. The summed E-state index contributed by atoms with van der Waals surface area (Å²) in [6.45, 7) is 1.79. The topological polar surface area (TPSA) is 101 Å². The fourth-order valence-electron chi connectivity index (χ4n) is 3.64. The number of hydrogen-bond acceptors (Lipinski definition) is 8. The molecule has 0 aliphatic carbocycles. The highest BCUT2D eigenvalue weighted by atomic mass is 19.4. The van der Waals surface area contributed by atoms with Crippen LogP contribution in [0, 0.1) is 0 Å². The monoisotopic (exact) mass is 452 g/mol. The molecule has 33 heavy (non-hydrogen) atoms. The first-order valence-electron chi connectivity index (χ1n) is 10.3. The molecule has 5 heterocycles. The van der Waals surface area contributed by atoms with Crippen molar-refractivity contribution >= 4 is 28.4 Å². The number of nitrogens with one attached hydrogen (secondary N) is 3. The molecule has 1 saturated heterocycles. The third-order valence-electron chi connectivity index (χ3n) is 5.26. The van der Waals surface area contributed by atoms with E-state index in [1.54, 1.807) is 24.5 Å². The highest BCUT2D eigenvalue weighted by molar-refractivity contribution is 5.90. The van der Waals surface area contributed by atoms with E-state index in [1.807, 2.05) is 6.07 Å². The molecule has 0 radical (unpaired) electrons. The predicted octanol–water partition coefficient (Wildman–Crippen LogP) is 4.02. The predicted molar refractivity (Wildman–Crippen MR) is 118 cm³/mol. The molecule has 4 aromatic heterocycles. The Morgan fingerprint density at radius 3 is 2.58 bits per heavy atom. The molecule has 1 aliphatic heterocycles. The summed E-state index contributed by atoms with van der Waals surface area (Å²) in [5, 5.41) is 10.5. The second-order valence-electron chi connectivity index (χ2n) is 7.60. The maximum Gasteiger partial charge on any atom is 0.416 e. The van der Waals surface area contributed by atoms with E-state index in [4.69, 9.17) is 4.98 Å². The van der Waals surface area contributed by atoms with Gasteiger partial charge in [-0.25, -0.2) is 19.9 Å². The van der Waals surface area contributed by atoms with Crippen LogP contribution in [-0.4, -0.2) is 44.1 Å². The van der Waals surface area contributed by atoms with Crippen LogP contribution >= 0.6 is 0 Å². The molecule has 5 rings (SSSR count). The van der Waals surface area contributed by atoms with Crippen molar-refractivity contribution in [1.82, 2.24) is 30.2 Å². The van der Waals surface area contributed by atoms with Crippen molar-refractivity contribution in [2.24, 2.45) is 0 Å². The minimum Gasteiger partial charge on any atom is -0.365 e. The molecular formula is C22H19F3N8. The molecule has 4 aromatic rings. The SMILES string of the molecule is FC(F)(F)c1ccnc(Nc2cc(-c3nc(NC4CCNC4)c4ccncc4n3)ccn2)c1.